The molecule has 1 saturated heterocycles. The molecule has 0 unspecified atom stereocenters. The van der Waals surface area contributed by atoms with Crippen molar-refractivity contribution in [2.45, 2.75) is 25.9 Å². The molecule has 0 atom stereocenters. The minimum absolute atomic E-state index is 0.182. The van der Waals surface area contributed by atoms with E-state index in [0.29, 0.717) is 5.88 Å². The molecule has 3 N–H and O–H groups in total. The van der Waals surface area contributed by atoms with E-state index >= 15 is 0 Å². The highest BCUT2D eigenvalue weighted by Gasteiger charge is 2.18. The van der Waals surface area contributed by atoms with Crippen LogP contribution in [0.4, 0.5) is 0 Å². The van der Waals surface area contributed by atoms with E-state index in [1.54, 1.807) is 12.4 Å². The zero-order chi connectivity index (χ0) is 18.9. The lowest BCUT2D eigenvalue weighted by Gasteiger charge is -2.23. The molecule has 1 aliphatic rings. The molecule has 8 nitrogen and oxygen atoms in total. The van der Waals surface area contributed by atoms with Crippen LogP contribution in [0.5, 0.6) is 5.88 Å². The van der Waals surface area contributed by atoms with Crippen LogP contribution in [-0.2, 0) is 0 Å². The van der Waals surface area contributed by atoms with Gasteiger partial charge in [-0.25, -0.2) is 9.97 Å². The number of nitrogens with zero attached hydrogens (tertiary/aromatic N) is 4. The van der Waals surface area contributed by atoms with Crippen LogP contribution in [-0.4, -0.2) is 49.3 Å². The standard InChI is InChI=1S/C20H21N7O/c1-12-20(28-15-2-4-21-5-3-15)27-18(11-22-12)17-10-24-19-16(17)6-13(7-23-19)14-8-25-26-9-14/h6-11,15,21H,2-5H2,1H3,(H,23,24)(H,25,26). The smallest absolute Gasteiger partial charge is 0.236 e. The van der Waals surface area contributed by atoms with Crippen LogP contribution in [0.3, 0.4) is 0 Å². The number of rotatable bonds is 4. The highest BCUT2D eigenvalue weighted by molar-refractivity contribution is 5.94. The summed E-state index contributed by atoms with van der Waals surface area (Å²) < 4.78 is 6.17. The van der Waals surface area contributed by atoms with Crippen molar-refractivity contribution in [2.75, 3.05) is 13.1 Å². The molecule has 0 spiro atoms. The van der Waals surface area contributed by atoms with Gasteiger partial charge in [0.15, 0.2) is 0 Å². The average Bonchev–Trinajstić information content (AvgIpc) is 3.40. The maximum Gasteiger partial charge on any atom is 0.236 e. The molecular weight excluding hydrogens is 354 g/mol. The van der Waals surface area contributed by atoms with Crippen molar-refractivity contribution >= 4 is 11.0 Å². The number of hydrogen-bond acceptors (Lipinski definition) is 6. The quantitative estimate of drug-likeness (QED) is 0.507. The number of nitrogens with one attached hydrogen (secondary N) is 3. The Morgan fingerprint density at radius 1 is 1.04 bits per heavy atom. The summed E-state index contributed by atoms with van der Waals surface area (Å²) in [5, 5.41) is 11.2. The van der Waals surface area contributed by atoms with E-state index < -0.39 is 0 Å². The number of aryl methyl sites for hydroxylation is 1. The number of fused-ring (bicyclic) bond motifs is 1. The van der Waals surface area contributed by atoms with Crippen LogP contribution in [0.15, 0.2) is 37.1 Å². The third kappa shape index (κ3) is 3.11. The Balaban J connectivity index is 1.52. The van der Waals surface area contributed by atoms with Gasteiger partial charge in [-0.15, -0.1) is 0 Å². The number of piperidine rings is 1. The van der Waals surface area contributed by atoms with Gasteiger partial charge in [0, 0.05) is 40.7 Å². The molecule has 0 aromatic carbocycles. The molecule has 4 aromatic heterocycles. The summed E-state index contributed by atoms with van der Waals surface area (Å²) in [6, 6.07) is 2.09. The van der Waals surface area contributed by atoms with Gasteiger partial charge in [-0.05, 0) is 38.9 Å². The van der Waals surface area contributed by atoms with Gasteiger partial charge in [0.05, 0.1) is 23.8 Å². The zero-order valence-corrected chi connectivity index (χ0v) is 15.6. The molecule has 8 heteroatoms. The van der Waals surface area contributed by atoms with E-state index in [9.17, 15) is 0 Å². The number of ether oxygens (including phenoxy) is 1. The second kappa shape index (κ2) is 7.05. The van der Waals surface area contributed by atoms with Crippen LogP contribution in [0.1, 0.15) is 18.5 Å². The SMILES string of the molecule is Cc1ncc(-c2c[nH]c3ncc(-c4cn[nH]c4)cc23)nc1OC1CCNCC1. The van der Waals surface area contributed by atoms with Crippen molar-refractivity contribution in [1.29, 1.82) is 0 Å². The van der Waals surface area contributed by atoms with E-state index in [-0.39, 0.29) is 6.10 Å². The molecule has 5 rings (SSSR count). The van der Waals surface area contributed by atoms with Crippen LogP contribution in [0, 0.1) is 6.92 Å². The monoisotopic (exact) mass is 375 g/mol. The largest absolute Gasteiger partial charge is 0.473 e. The number of hydrogen-bond donors (Lipinski definition) is 3. The lowest BCUT2D eigenvalue weighted by Crippen LogP contribution is -2.34. The lowest BCUT2D eigenvalue weighted by molar-refractivity contribution is 0.154. The number of aromatic nitrogens is 6. The van der Waals surface area contributed by atoms with Crippen LogP contribution < -0.4 is 10.1 Å². The average molecular weight is 375 g/mol. The van der Waals surface area contributed by atoms with E-state index in [1.165, 1.54) is 0 Å². The Morgan fingerprint density at radius 3 is 2.75 bits per heavy atom. The molecule has 28 heavy (non-hydrogen) atoms. The summed E-state index contributed by atoms with van der Waals surface area (Å²) in [7, 11) is 0. The molecule has 0 amide bonds. The van der Waals surface area contributed by atoms with E-state index in [2.05, 4.69) is 36.5 Å². The Kier molecular flexibility index (Phi) is 4.25. The van der Waals surface area contributed by atoms with Crippen LogP contribution in [0.25, 0.3) is 33.4 Å². The Hall–Kier alpha value is -3.26. The van der Waals surface area contributed by atoms with Gasteiger partial charge in [0.1, 0.15) is 11.8 Å². The van der Waals surface area contributed by atoms with Gasteiger partial charge < -0.3 is 15.0 Å². The van der Waals surface area contributed by atoms with Gasteiger partial charge in [0.2, 0.25) is 5.88 Å². The van der Waals surface area contributed by atoms with Gasteiger partial charge in [-0.2, -0.15) is 5.10 Å². The second-order valence-corrected chi connectivity index (χ2v) is 7.02. The summed E-state index contributed by atoms with van der Waals surface area (Å²) in [6.07, 6.45) is 11.3. The zero-order valence-electron chi connectivity index (χ0n) is 15.6. The summed E-state index contributed by atoms with van der Waals surface area (Å²) in [5.41, 5.74) is 5.33. The summed E-state index contributed by atoms with van der Waals surface area (Å²) in [5.74, 6) is 0.609. The third-order valence-corrected chi connectivity index (χ3v) is 5.12. The molecule has 0 saturated carbocycles. The topological polar surface area (TPSA) is 104 Å². The molecule has 142 valence electrons. The van der Waals surface area contributed by atoms with E-state index in [0.717, 1.165) is 65.0 Å². The predicted octanol–water partition coefficient (Wildman–Crippen LogP) is 2.85. The highest BCUT2D eigenvalue weighted by atomic mass is 16.5. The first-order chi connectivity index (χ1) is 13.8. The van der Waals surface area contributed by atoms with Gasteiger partial charge in [-0.3, -0.25) is 10.1 Å². The first-order valence-electron chi connectivity index (χ1n) is 9.45. The Morgan fingerprint density at radius 2 is 1.93 bits per heavy atom. The van der Waals surface area contributed by atoms with Crippen molar-refractivity contribution in [3.05, 3.63) is 42.7 Å². The summed E-state index contributed by atoms with van der Waals surface area (Å²) >= 11 is 0. The van der Waals surface area contributed by atoms with Gasteiger partial charge in [0.25, 0.3) is 0 Å². The Bertz CT molecular complexity index is 1100. The van der Waals surface area contributed by atoms with Gasteiger partial charge >= 0.3 is 0 Å². The summed E-state index contributed by atoms with van der Waals surface area (Å²) in [4.78, 5) is 17.1. The molecule has 0 bridgehead atoms. The second-order valence-electron chi connectivity index (χ2n) is 7.02. The van der Waals surface area contributed by atoms with Crippen LogP contribution >= 0.6 is 0 Å². The minimum atomic E-state index is 0.182. The van der Waals surface area contributed by atoms with E-state index in [1.807, 2.05) is 25.5 Å². The molecule has 0 radical (unpaired) electrons. The fourth-order valence-corrected chi connectivity index (χ4v) is 3.53. The van der Waals surface area contributed by atoms with Crippen molar-refractivity contribution in [3.63, 3.8) is 0 Å². The minimum Gasteiger partial charge on any atom is -0.473 e. The first kappa shape index (κ1) is 16.9. The number of aromatic amines is 2. The highest BCUT2D eigenvalue weighted by Crippen LogP contribution is 2.31. The normalized spacial score (nSPS) is 15.2. The molecular formula is C20H21N7O. The van der Waals surface area contributed by atoms with Crippen molar-refractivity contribution in [2.24, 2.45) is 0 Å². The predicted molar refractivity (Wildman–Crippen MR) is 106 cm³/mol. The molecule has 1 fully saturated rings. The molecule has 1 aliphatic heterocycles. The summed E-state index contributed by atoms with van der Waals surface area (Å²) in [6.45, 7) is 3.88. The van der Waals surface area contributed by atoms with E-state index in [4.69, 9.17) is 9.72 Å². The van der Waals surface area contributed by atoms with Gasteiger partial charge in [-0.1, -0.05) is 0 Å². The maximum atomic E-state index is 6.17. The third-order valence-electron chi connectivity index (χ3n) is 5.12. The Labute approximate surface area is 161 Å². The number of pyridine rings is 1. The lowest BCUT2D eigenvalue weighted by atomic mass is 10.1. The first-order valence-corrected chi connectivity index (χ1v) is 9.45. The fourth-order valence-electron chi connectivity index (χ4n) is 3.53. The van der Waals surface area contributed by atoms with Crippen molar-refractivity contribution < 1.29 is 4.74 Å². The maximum absolute atomic E-state index is 6.17. The fraction of sp³-hybridized carbons (Fsp3) is 0.300. The molecule has 5 heterocycles. The molecule has 0 aliphatic carbocycles. The number of H-pyrrole nitrogens is 2. The molecule has 4 aromatic rings. The van der Waals surface area contributed by atoms with Crippen LogP contribution in [0.2, 0.25) is 0 Å². The van der Waals surface area contributed by atoms with Crippen molar-refractivity contribution in [3.8, 4) is 28.3 Å². The van der Waals surface area contributed by atoms with Crippen molar-refractivity contribution in [1.82, 2.24) is 35.5 Å².